The van der Waals surface area contributed by atoms with E-state index in [1.807, 2.05) is 0 Å². The molecule has 1 aromatic carbocycles. The first-order valence-electron chi connectivity index (χ1n) is 7.57. The van der Waals surface area contributed by atoms with Crippen LogP contribution in [0.2, 0.25) is 10.0 Å². The van der Waals surface area contributed by atoms with Gasteiger partial charge in [-0.2, -0.15) is 0 Å². The highest BCUT2D eigenvalue weighted by Gasteiger charge is 2.38. The number of aliphatic carboxylic acids is 1. The molecule has 0 bridgehead atoms. The molecule has 0 saturated heterocycles. The molecule has 1 amide bonds. The maximum Gasteiger partial charge on any atom is 0.329 e. The van der Waals surface area contributed by atoms with Crippen molar-refractivity contribution < 1.29 is 14.7 Å². The Hall–Kier alpha value is -1.63. The third-order valence-electron chi connectivity index (χ3n) is 4.05. The fourth-order valence-electron chi connectivity index (χ4n) is 2.12. The van der Waals surface area contributed by atoms with E-state index in [0.717, 1.165) is 5.56 Å². The highest BCUT2D eigenvalue weighted by atomic mass is 35.5. The topological polar surface area (TPSA) is 79.3 Å². The molecule has 0 radical (unpaired) electrons. The van der Waals surface area contributed by atoms with Crippen molar-refractivity contribution in [2.45, 2.75) is 32.7 Å². The molecule has 2 N–H and O–H groups in total. The minimum absolute atomic E-state index is 0.00268. The predicted molar refractivity (Wildman–Crippen MR) is 100 cm³/mol. The monoisotopic (exact) mass is 400 g/mol. The number of nitrogens with zero attached hydrogens (tertiary/aromatic N) is 1. The third-order valence-corrected chi connectivity index (χ3v) is 5.53. The van der Waals surface area contributed by atoms with E-state index in [1.54, 1.807) is 37.4 Å². The number of carboxylic acid groups (broad SMARTS) is 1. The first-order valence-corrected chi connectivity index (χ1v) is 9.21. The number of nitrogens with one attached hydrogen (secondary N) is 1. The van der Waals surface area contributed by atoms with Gasteiger partial charge >= 0.3 is 5.97 Å². The molecule has 8 heteroatoms. The lowest BCUT2D eigenvalue weighted by molar-refractivity contribution is -0.148. The number of halogens is 2. The maximum atomic E-state index is 12.2. The van der Waals surface area contributed by atoms with Gasteiger partial charge in [-0.15, -0.1) is 11.3 Å². The van der Waals surface area contributed by atoms with E-state index in [-0.39, 0.29) is 12.3 Å². The molecule has 2 rings (SSSR count). The van der Waals surface area contributed by atoms with E-state index in [0.29, 0.717) is 20.7 Å². The fraction of sp³-hybridized carbons (Fsp3) is 0.353. The minimum atomic E-state index is -1.32. The van der Waals surface area contributed by atoms with Gasteiger partial charge in [-0.1, -0.05) is 37.0 Å². The van der Waals surface area contributed by atoms with Crippen molar-refractivity contribution in [3.05, 3.63) is 39.3 Å². The zero-order valence-corrected chi connectivity index (χ0v) is 16.3. The van der Waals surface area contributed by atoms with E-state index in [2.05, 4.69) is 10.3 Å². The second kappa shape index (κ2) is 7.72. The minimum Gasteiger partial charge on any atom is -0.480 e. The highest BCUT2D eigenvalue weighted by molar-refractivity contribution is 7.13. The van der Waals surface area contributed by atoms with Crippen molar-refractivity contribution in [3.8, 4) is 10.6 Å². The highest BCUT2D eigenvalue weighted by Crippen LogP contribution is 2.32. The molecule has 5 nitrogen and oxygen atoms in total. The summed E-state index contributed by atoms with van der Waals surface area (Å²) in [5.41, 5.74) is -0.0320. The van der Waals surface area contributed by atoms with Crippen molar-refractivity contribution in [1.29, 1.82) is 0 Å². The third kappa shape index (κ3) is 4.51. The van der Waals surface area contributed by atoms with Crippen LogP contribution in [0.25, 0.3) is 10.6 Å². The summed E-state index contributed by atoms with van der Waals surface area (Å²) in [4.78, 5) is 28.1. The first-order chi connectivity index (χ1) is 11.6. The van der Waals surface area contributed by atoms with Gasteiger partial charge in [0.15, 0.2) is 0 Å². The average molecular weight is 401 g/mol. The Balaban J connectivity index is 2.13. The molecule has 0 fully saturated rings. The second-order valence-electron chi connectivity index (χ2n) is 6.16. The Morgan fingerprint density at radius 2 is 2.04 bits per heavy atom. The number of carboxylic acids is 1. The molecule has 0 spiro atoms. The van der Waals surface area contributed by atoms with E-state index in [4.69, 9.17) is 23.2 Å². The molecule has 1 atom stereocenters. The van der Waals surface area contributed by atoms with Crippen LogP contribution in [0.15, 0.2) is 23.6 Å². The van der Waals surface area contributed by atoms with Crippen molar-refractivity contribution in [1.82, 2.24) is 10.3 Å². The summed E-state index contributed by atoms with van der Waals surface area (Å²) in [7, 11) is 0. The van der Waals surface area contributed by atoms with Crippen LogP contribution in [0.5, 0.6) is 0 Å². The Morgan fingerprint density at radius 1 is 1.36 bits per heavy atom. The van der Waals surface area contributed by atoms with Crippen LogP contribution in [0, 0.1) is 5.92 Å². The summed E-state index contributed by atoms with van der Waals surface area (Å²) in [6.45, 7) is 4.99. The molecule has 1 heterocycles. The van der Waals surface area contributed by atoms with Gasteiger partial charge in [0, 0.05) is 16.0 Å². The molecular formula is C17H18Cl2N2O3S. The van der Waals surface area contributed by atoms with Crippen LogP contribution in [-0.2, 0) is 16.0 Å². The Labute approximate surface area is 160 Å². The zero-order chi connectivity index (χ0) is 18.8. The molecule has 25 heavy (non-hydrogen) atoms. The van der Waals surface area contributed by atoms with Gasteiger partial charge in [0.05, 0.1) is 17.1 Å². The van der Waals surface area contributed by atoms with Gasteiger partial charge in [-0.3, -0.25) is 4.79 Å². The largest absolute Gasteiger partial charge is 0.480 e. The van der Waals surface area contributed by atoms with Crippen molar-refractivity contribution >= 4 is 46.4 Å². The lowest BCUT2D eigenvalue weighted by atomic mass is 9.88. The van der Waals surface area contributed by atoms with E-state index >= 15 is 0 Å². The Morgan fingerprint density at radius 3 is 2.60 bits per heavy atom. The fourth-order valence-corrected chi connectivity index (χ4v) is 3.53. The molecule has 1 aromatic heterocycles. The molecule has 2 aromatic rings. The molecule has 0 aliphatic heterocycles. The van der Waals surface area contributed by atoms with Crippen LogP contribution in [0.4, 0.5) is 0 Å². The summed E-state index contributed by atoms with van der Waals surface area (Å²) in [6, 6.07) is 5.12. The van der Waals surface area contributed by atoms with Gasteiger partial charge in [-0.05, 0) is 31.0 Å². The summed E-state index contributed by atoms with van der Waals surface area (Å²) < 4.78 is 0. The SMILES string of the molecule is CC(C)C(C)(NC(=O)Cc1csc(-c2ccc(Cl)cc2Cl)n1)C(=O)O. The van der Waals surface area contributed by atoms with Gasteiger partial charge in [0.25, 0.3) is 0 Å². The number of benzene rings is 1. The lowest BCUT2D eigenvalue weighted by Crippen LogP contribution is -2.56. The maximum absolute atomic E-state index is 12.2. The van der Waals surface area contributed by atoms with Crippen LogP contribution in [0.1, 0.15) is 26.5 Å². The number of hydrogen-bond acceptors (Lipinski definition) is 4. The number of hydrogen-bond donors (Lipinski definition) is 2. The van der Waals surface area contributed by atoms with Crippen LogP contribution >= 0.6 is 34.5 Å². The van der Waals surface area contributed by atoms with Crippen molar-refractivity contribution in [2.24, 2.45) is 5.92 Å². The Kier molecular flexibility index (Phi) is 6.08. The molecule has 0 aliphatic rings. The average Bonchev–Trinajstić information content (AvgIpc) is 2.94. The van der Waals surface area contributed by atoms with Gasteiger partial charge in [0.1, 0.15) is 10.5 Å². The summed E-state index contributed by atoms with van der Waals surface area (Å²) in [5.74, 6) is -1.71. The zero-order valence-electron chi connectivity index (χ0n) is 14.0. The van der Waals surface area contributed by atoms with Gasteiger partial charge in [-0.25, -0.2) is 9.78 Å². The van der Waals surface area contributed by atoms with E-state index < -0.39 is 17.4 Å². The number of aromatic nitrogens is 1. The van der Waals surface area contributed by atoms with E-state index in [9.17, 15) is 14.7 Å². The Bertz CT molecular complexity index is 807. The van der Waals surface area contributed by atoms with Crippen molar-refractivity contribution in [2.75, 3.05) is 0 Å². The molecular weight excluding hydrogens is 383 g/mol. The normalized spacial score (nSPS) is 13.5. The number of carbonyl (C=O) groups is 2. The second-order valence-corrected chi connectivity index (χ2v) is 7.86. The van der Waals surface area contributed by atoms with Crippen LogP contribution < -0.4 is 5.32 Å². The smallest absolute Gasteiger partial charge is 0.329 e. The molecule has 0 aliphatic carbocycles. The lowest BCUT2D eigenvalue weighted by Gasteiger charge is -2.30. The number of thiazole rings is 1. The standard InChI is InChI=1S/C17H18Cl2N2O3S/c1-9(2)17(3,16(23)24)21-14(22)7-11-8-25-15(20-11)12-5-4-10(18)6-13(12)19/h4-6,8-9H,7H2,1-3H3,(H,21,22)(H,23,24). The van der Waals surface area contributed by atoms with Crippen LogP contribution in [0.3, 0.4) is 0 Å². The van der Waals surface area contributed by atoms with E-state index in [1.165, 1.54) is 18.3 Å². The quantitative estimate of drug-likeness (QED) is 0.758. The summed E-state index contributed by atoms with van der Waals surface area (Å²) in [5, 5.41) is 15.4. The first kappa shape index (κ1) is 19.7. The number of rotatable bonds is 6. The van der Waals surface area contributed by atoms with Crippen molar-refractivity contribution in [3.63, 3.8) is 0 Å². The predicted octanol–water partition coefficient (Wildman–Crippen LogP) is 4.27. The number of amides is 1. The summed E-state index contributed by atoms with van der Waals surface area (Å²) >= 11 is 13.4. The molecule has 134 valence electrons. The van der Waals surface area contributed by atoms with Gasteiger partial charge < -0.3 is 10.4 Å². The van der Waals surface area contributed by atoms with Gasteiger partial charge in [0.2, 0.25) is 5.91 Å². The van der Waals surface area contributed by atoms with Crippen LogP contribution in [-0.4, -0.2) is 27.5 Å². The molecule has 0 saturated carbocycles. The molecule has 1 unspecified atom stereocenters. The summed E-state index contributed by atoms with van der Waals surface area (Å²) in [6.07, 6.45) is -0.00268. The number of carbonyl (C=O) groups excluding carboxylic acids is 1.